The number of nitrogens with zero attached hydrogens (tertiary/aromatic N) is 4. The summed E-state index contributed by atoms with van der Waals surface area (Å²) in [6, 6.07) is 3.17. The van der Waals surface area contributed by atoms with Crippen molar-refractivity contribution in [1.82, 2.24) is 20.1 Å². The number of urea groups is 1. The van der Waals surface area contributed by atoms with E-state index >= 15 is 0 Å². The number of rotatable bonds is 8. The molecule has 0 bridgehead atoms. The summed E-state index contributed by atoms with van der Waals surface area (Å²) >= 11 is 0. The molecule has 0 unspecified atom stereocenters. The van der Waals surface area contributed by atoms with Crippen molar-refractivity contribution in [2.75, 3.05) is 50.0 Å². The van der Waals surface area contributed by atoms with Gasteiger partial charge in [0.05, 0.1) is 11.9 Å². The smallest absolute Gasteiger partial charge is 0.325 e. The van der Waals surface area contributed by atoms with Crippen molar-refractivity contribution >= 4 is 29.4 Å². The normalized spacial score (nSPS) is 19.2. The second-order valence-electron chi connectivity index (χ2n) is 8.15. The maximum absolute atomic E-state index is 12.9. The highest BCUT2D eigenvalue weighted by Crippen LogP contribution is 2.28. The summed E-state index contributed by atoms with van der Waals surface area (Å²) in [5.41, 5.74) is -0.342. The molecule has 164 valence electrons. The Balaban J connectivity index is 1.58. The van der Waals surface area contributed by atoms with Crippen molar-refractivity contribution in [2.45, 2.75) is 45.1 Å². The number of hydrogen-bond donors (Lipinski definition) is 2. The van der Waals surface area contributed by atoms with E-state index in [1.807, 2.05) is 19.9 Å². The highest BCUT2D eigenvalue weighted by Gasteiger charge is 2.50. The lowest BCUT2D eigenvalue weighted by atomic mass is 9.88. The summed E-state index contributed by atoms with van der Waals surface area (Å²) in [4.78, 5) is 47.7. The van der Waals surface area contributed by atoms with Crippen molar-refractivity contribution in [3.63, 3.8) is 0 Å². The Morgan fingerprint density at radius 2 is 1.80 bits per heavy atom. The summed E-state index contributed by atoms with van der Waals surface area (Å²) in [6.45, 7) is 7.46. The first kappa shape index (κ1) is 22.0. The minimum Gasteiger partial charge on any atom is -0.354 e. The molecule has 9 heteroatoms. The Bertz CT molecular complexity index is 767. The standard InChI is InChI=1S/C21H32N6O3/c1-4-8-21(9-5-2)19(29)27(20(30)24-21)15-18(28)23-16-6-7-17(22-14-16)26-12-10-25(3)11-13-26/h6-7,14H,4-5,8-13,15H2,1-3H3,(H,23,28)(H,24,30). The largest absolute Gasteiger partial charge is 0.354 e. The quantitative estimate of drug-likeness (QED) is 0.626. The first-order valence-electron chi connectivity index (χ1n) is 10.7. The van der Waals surface area contributed by atoms with E-state index in [-0.39, 0.29) is 12.5 Å². The maximum Gasteiger partial charge on any atom is 0.325 e. The number of pyridine rings is 1. The topological polar surface area (TPSA) is 97.9 Å². The molecule has 2 fully saturated rings. The average Bonchev–Trinajstić information content (AvgIpc) is 2.94. The number of imide groups is 1. The van der Waals surface area contributed by atoms with Crippen LogP contribution in [0.3, 0.4) is 0 Å². The molecule has 3 heterocycles. The van der Waals surface area contributed by atoms with Crippen molar-refractivity contribution < 1.29 is 14.4 Å². The minimum absolute atomic E-state index is 0.305. The number of carbonyl (C=O) groups excluding carboxylic acids is 3. The summed E-state index contributed by atoms with van der Waals surface area (Å²) in [5.74, 6) is 0.144. The summed E-state index contributed by atoms with van der Waals surface area (Å²) in [7, 11) is 2.10. The van der Waals surface area contributed by atoms with Gasteiger partial charge in [-0.2, -0.15) is 0 Å². The predicted octanol–water partition coefficient (Wildman–Crippen LogP) is 1.66. The van der Waals surface area contributed by atoms with Crippen LogP contribution in [0.1, 0.15) is 39.5 Å². The van der Waals surface area contributed by atoms with Crippen LogP contribution in [0.5, 0.6) is 0 Å². The molecule has 1 aromatic rings. The van der Waals surface area contributed by atoms with E-state index in [9.17, 15) is 14.4 Å². The molecule has 0 radical (unpaired) electrons. The average molecular weight is 417 g/mol. The van der Waals surface area contributed by atoms with Gasteiger partial charge in [-0.15, -0.1) is 0 Å². The van der Waals surface area contributed by atoms with E-state index in [0.29, 0.717) is 18.5 Å². The van der Waals surface area contributed by atoms with Crippen LogP contribution in [0.4, 0.5) is 16.3 Å². The molecule has 2 aliphatic heterocycles. The lowest BCUT2D eigenvalue weighted by Crippen LogP contribution is -2.47. The molecular weight excluding hydrogens is 384 g/mol. The van der Waals surface area contributed by atoms with Gasteiger partial charge >= 0.3 is 6.03 Å². The van der Waals surface area contributed by atoms with Crippen molar-refractivity contribution in [1.29, 1.82) is 0 Å². The van der Waals surface area contributed by atoms with Crippen LogP contribution in [0.25, 0.3) is 0 Å². The van der Waals surface area contributed by atoms with Gasteiger partial charge in [0.25, 0.3) is 5.91 Å². The number of hydrogen-bond acceptors (Lipinski definition) is 6. The van der Waals surface area contributed by atoms with Gasteiger partial charge < -0.3 is 20.4 Å². The fourth-order valence-electron chi connectivity index (χ4n) is 4.16. The van der Waals surface area contributed by atoms with Crippen LogP contribution in [-0.2, 0) is 9.59 Å². The van der Waals surface area contributed by atoms with Gasteiger partial charge in [-0.1, -0.05) is 26.7 Å². The molecule has 3 rings (SSSR count). The lowest BCUT2D eigenvalue weighted by molar-refractivity contribution is -0.134. The predicted molar refractivity (Wildman–Crippen MR) is 115 cm³/mol. The molecule has 9 nitrogen and oxygen atoms in total. The first-order valence-corrected chi connectivity index (χ1v) is 10.7. The van der Waals surface area contributed by atoms with Gasteiger partial charge in [0, 0.05) is 26.2 Å². The zero-order chi connectivity index (χ0) is 21.7. The molecule has 2 aliphatic rings. The van der Waals surface area contributed by atoms with Gasteiger partial charge in [-0.3, -0.25) is 14.5 Å². The van der Waals surface area contributed by atoms with E-state index in [0.717, 1.165) is 49.7 Å². The third kappa shape index (κ3) is 4.72. The molecule has 1 aromatic heterocycles. The van der Waals surface area contributed by atoms with Crippen molar-refractivity contribution in [2.24, 2.45) is 0 Å². The molecule has 0 aromatic carbocycles. The lowest BCUT2D eigenvalue weighted by Gasteiger charge is -2.33. The molecule has 4 amide bonds. The van der Waals surface area contributed by atoms with Crippen LogP contribution in [-0.4, -0.2) is 77.9 Å². The van der Waals surface area contributed by atoms with E-state index < -0.39 is 17.5 Å². The van der Waals surface area contributed by atoms with Crippen molar-refractivity contribution in [3.05, 3.63) is 18.3 Å². The Labute approximate surface area is 177 Å². The second-order valence-corrected chi connectivity index (χ2v) is 8.15. The number of likely N-dealkylation sites (N-methyl/N-ethyl adjacent to an activating group) is 1. The number of nitrogens with one attached hydrogen (secondary N) is 2. The second kappa shape index (κ2) is 9.42. The molecule has 2 N–H and O–H groups in total. The first-order chi connectivity index (χ1) is 14.4. The third-order valence-electron chi connectivity index (χ3n) is 5.76. The Morgan fingerprint density at radius 1 is 1.13 bits per heavy atom. The van der Waals surface area contributed by atoms with Crippen LogP contribution in [0.15, 0.2) is 18.3 Å². The number of aromatic nitrogens is 1. The van der Waals surface area contributed by atoms with E-state index in [4.69, 9.17) is 0 Å². The van der Waals surface area contributed by atoms with Gasteiger partial charge in [0.2, 0.25) is 5.91 Å². The highest BCUT2D eigenvalue weighted by molar-refractivity contribution is 6.10. The number of amides is 4. The van der Waals surface area contributed by atoms with Gasteiger partial charge in [0.15, 0.2) is 0 Å². The maximum atomic E-state index is 12.9. The zero-order valence-electron chi connectivity index (χ0n) is 18.1. The fourth-order valence-corrected chi connectivity index (χ4v) is 4.16. The monoisotopic (exact) mass is 416 g/mol. The van der Waals surface area contributed by atoms with Gasteiger partial charge in [-0.05, 0) is 32.0 Å². The summed E-state index contributed by atoms with van der Waals surface area (Å²) in [5, 5.41) is 5.56. The Morgan fingerprint density at radius 3 is 2.37 bits per heavy atom. The fraction of sp³-hybridized carbons (Fsp3) is 0.619. The summed E-state index contributed by atoms with van der Waals surface area (Å²) in [6.07, 6.45) is 4.30. The van der Waals surface area contributed by atoms with Gasteiger partial charge in [-0.25, -0.2) is 9.78 Å². The summed E-state index contributed by atoms with van der Waals surface area (Å²) < 4.78 is 0. The molecule has 0 saturated carbocycles. The number of carbonyl (C=O) groups is 3. The number of anilines is 2. The Kier molecular flexibility index (Phi) is 6.91. The van der Waals surface area contributed by atoms with Gasteiger partial charge in [0.1, 0.15) is 17.9 Å². The van der Waals surface area contributed by atoms with Crippen LogP contribution < -0.4 is 15.5 Å². The van der Waals surface area contributed by atoms with Crippen LogP contribution in [0, 0.1) is 0 Å². The molecule has 2 saturated heterocycles. The van der Waals surface area contributed by atoms with Crippen molar-refractivity contribution in [3.8, 4) is 0 Å². The minimum atomic E-state index is -0.882. The van der Waals surface area contributed by atoms with E-state index in [2.05, 4.69) is 32.5 Å². The van der Waals surface area contributed by atoms with Crippen LogP contribution in [0.2, 0.25) is 0 Å². The highest BCUT2D eigenvalue weighted by atomic mass is 16.2. The third-order valence-corrected chi connectivity index (χ3v) is 5.76. The Hall–Kier alpha value is -2.68. The van der Waals surface area contributed by atoms with Crippen LogP contribution >= 0.6 is 0 Å². The molecule has 0 aliphatic carbocycles. The number of piperazine rings is 1. The van der Waals surface area contributed by atoms with E-state index in [1.165, 1.54) is 0 Å². The molecular formula is C21H32N6O3. The van der Waals surface area contributed by atoms with E-state index in [1.54, 1.807) is 12.3 Å². The molecule has 0 atom stereocenters. The zero-order valence-corrected chi connectivity index (χ0v) is 18.1. The molecule has 0 spiro atoms. The molecule has 30 heavy (non-hydrogen) atoms. The SMILES string of the molecule is CCCC1(CCC)NC(=O)N(CC(=O)Nc2ccc(N3CCN(C)CC3)nc2)C1=O.